The third-order valence-electron chi connectivity index (χ3n) is 2.93. The first-order chi connectivity index (χ1) is 7.47. The highest BCUT2D eigenvalue weighted by molar-refractivity contribution is 5.75. The minimum Gasteiger partial charge on any atom is -0.508 e. The third kappa shape index (κ3) is 2.54. The number of ether oxygens (including phenoxy) is 1. The van der Waals surface area contributed by atoms with E-state index in [9.17, 15) is 9.90 Å². The number of esters is 1. The Balaban J connectivity index is 2.91. The summed E-state index contributed by atoms with van der Waals surface area (Å²) >= 11 is 0. The fraction of sp³-hybridized carbons (Fsp3) is 0.462. The summed E-state index contributed by atoms with van der Waals surface area (Å²) in [5.74, 6) is 0.422. The fourth-order valence-corrected chi connectivity index (χ4v) is 1.27. The van der Waals surface area contributed by atoms with Gasteiger partial charge in [0.05, 0.1) is 5.92 Å². The van der Waals surface area contributed by atoms with Gasteiger partial charge >= 0.3 is 5.97 Å². The first kappa shape index (κ1) is 12.6. The maximum absolute atomic E-state index is 11.6. The Morgan fingerprint density at radius 2 is 2.00 bits per heavy atom. The van der Waals surface area contributed by atoms with Gasteiger partial charge in [-0.2, -0.15) is 0 Å². The Morgan fingerprint density at radius 1 is 1.38 bits per heavy atom. The number of carbonyl (C=O) groups excluding carboxylic acids is 1. The van der Waals surface area contributed by atoms with Crippen LogP contribution < -0.4 is 4.74 Å². The monoisotopic (exact) mass is 222 g/mol. The number of aromatic hydroxyl groups is 1. The van der Waals surface area contributed by atoms with Crippen molar-refractivity contribution in [3.8, 4) is 11.5 Å². The summed E-state index contributed by atoms with van der Waals surface area (Å²) in [7, 11) is 0. The second kappa shape index (κ2) is 5.01. The van der Waals surface area contributed by atoms with Crippen LogP contribution in [0.5, 0.6) is 11.5 Å². The average molecular weight is 222 g/mol. The van der Waals surface area contributed by atoms with Crippen LogP contribution in [0.1, 0.15) is 31.4 Å². The third-order valence-corrected chi connectivity index (χ3v) is 2.93. The standard InChI is InChI=1S/C13H18O3/c1-5-8(2)13(15)16-12-7-6-11(14)9(3)10(12)4/h6-8,14H,5H2,1-4H3. The normalized spacial score (nSPS) is 12.2. The lowest BCUT2D eigenvalue weighted by Crippen LogP contribution is -2.17. The Labute approximate surface area is 96.1 Å². The van der Waals surface area contributed by atoms with Crippen molar-refractivity contribution < 1.29 is 14.6 Å². The molecule has 0 aliphatic rings. The largest absolute Gasteiger partial charge is 0.508 e. The second-order valence-corrected chi connectivity index (χ2v) is 4.06. The lowest BCUT2D eigenvalue weighted by molar-refractivity contribution is -0.138. The highest BCUT2D eigenvalue weighted by Gasteiger charge is 2.15. The molecule has 88 valence electrons. The zero-order valence-corrected chi connectivity index (χ0v) is 10.2. The minimum atomic E-state index is -0.226. The van der Waals surface area contributed by atoms with E-state index in [-0.39, 0.29) is 17.6 Å². The molecular formula is C13H18O3. The van der Waals surface area contributed by atoms with Crippen LogP contribution in [0.15, 0.2) is 12.1 Å². The van der Waals surface area contributed by atoms with Crippen LogP contribution in [0.2, 0.25) is 0 Å². The van der Waals surface area contributed by atoms with Crippen molar-refractivity contribution in [3.63, 3.8) is 0 Å². The van der Waals surface area contributed by atoms with Crippen molar-refractivity contribution in [2.75, 3.05) is 0 Å². The van der Waals surface area contributed by atoms with Gasteiger partial charge in [0.15, 0.2) is 0 Å². The Hall–Kier alpha value is -1.51. The van der Waals surface area contributed by atoms with Crippen LogP contribution in [0, 0.1) is 19.8 Å². The number of benzene rings is 1. The Bertz CT molecular complexity index is 396. The number of hydrogen-bond donors (Lipinski definition) is 1. The molecule has 0 spiro atoms. The van der Waals surface area contributed by atoms with E-state index in [1.165, 1.54) is 0 Å². The predicted molar refractivity (Wildman–Crippen MR) is 62.7 cm³/mol. The van der Waals surface area contributed by atoms with Crippen LogP contribution in [0.25, 0.3) is 0 Å². The van der Waals surface area contributed by atoms with Gasteiger partial charge in [-0.3, -0.25) is 4.79 Å². The molecule has 0 aliphatic heterocycles. The van der Waals surface area contributed by atoms with E-state index in [1.54, 1.807) is 19.1 Å². The second-order valence-electron chi connectivity index (χ2n) is 4.06. The minimum absolute atomic E-state index is 0.103. The molecule has 1 atom stereocenters. The quantitative estimate of drug-likeness (QED) is 0.631. The topological polar surface area (TPSA) is 46.5 Å². The van der Waals surface area contributed by atoms with Crippen molar-refractivity contribution >= 4 is 5.97 Å². The molecule has 0 radical (unpaired) electrons. The first-order valence-electron chi connectivity index (χ1n) is 5.48. The van der Waals surface area contributed by atoms with Gasteiger partial charge in [0.1, 0.15) is 11.5 Å². The van der Waals surface area contributed by atoms with Crippen LogP contribution in [-0.2, 0) is 4.79 Å². The average Bonchev–Trinajstić information content (AvgIpc) is 2.28. The zero-order valence-electron chi connectivity index (χ0n) is 10.2. The van der Waals surface area contributed by atoms with Crippen molar-refractivity contribution in [3.05, 3.63) is 23.3 Å². The van der Waals surface area contributed by atoms with E-state index < -0.39 is 0 Å². The lowest BCUT2D eigenvalue weighted by atomic mass is 10.1. The molecule has 0 bridgehead atoms. The summed E-state index contributed by atoms with van der Waals surface area (Å²) in [5.41, 5.74) is 1.55. The molecule has 0 amide bonds. The van der Waals surface area contributed by atoms with Crippen molar-refractivity contribution in [2.24, 2.45) is 5.92 Å². The molecule has 0 fully saturated rings. The predicted octanol–water partition coefficient (Wildman–Crippen LogP) is 2.96. The molecule has 1 rings (SSSR count). The van der Waals surface area contributed by atoms with Crippen molar-refractivity contribution in [1.82, 2.24) is 0 Å². The molecule has 0 saturated carbocycles. The number of phenolic OH excluding ortho intramolecular Hbond substituents is 1. The molecule has 16 heavy (non-hydrogen) atoms. The van der Waals surface area contributed by atoms with E-state index in [2.05, 4.69) is 0 Å². The lowest BCUT2D eigenvalue weighted by Gasteiger charge is -2.13. The van der Waals surface area contributed by atoms with Gasteiger partial charge < -0.3 is 9.84 Å². The summed E-state index contributed by atoms with van der Waals surface area (Å²) in [5, 5.41) is 9.47. The molecule has 1 aromatic carbocycles. The first-order valence-corrected chi connectivity index (χ1v) is 5.48. The molecule has 3 nitrogen and oxygen atoms in total. The zero-order chi connectivity index (χ0) is 12.3. The molecule has 0 aliphatic carbocycles. The van der Waals surface area contributed by atoms with Gasteiger partial charge in [0.25, 0.3) is 0 Å². The van der Waals surface area contributed by atoms with E-state index >= 15 is 0 Å². The van der Waals surface area contributed by atoms with Crippen LogP contribution >= 0.6 is 0 Å². The molecule has 0 heterocycles. The Kier molecular flexibility index (Phi) is 3.93. The number of phenols is 1. The number of hydrogen-bond acceptors (Lipinski definition) is 3. The highest BCUT2D eigenvalue weighted by Crippen LogP contribution is 2.28. The van der Waals surface area contributed by atoms with E-state index in [1.807, 2.05) is 20.8 Å². The van der Waals surface area contributed by atoms with Crippen LogP contribution in [0.3, 0.4) is 0 Å². The molecule has 1 unspecified atom stereocenters. The smallest absolute Gasteiger partial charge is 0.314 e. The molecule has 1 aromatic rings. The maximum Gasteiger partial charge on any atom is 0.314 e. The highest BCUT2D eigenvalue weighted by atomic mass is 16.5. The Morgan fingerprint density at radius 3 is 2.56 bits per heavy atom. The molecular weight excluding hydrogens is 204 g/mol. The van der Waals surface area contributed by atoms with Crippen molar-refractivity contribution in [1.29, 1.82) is 0 Å². The van der Waals surface area contributed by atoms with E-state index in [4.69, 9.17) is 4.74 Å². The van der Waals surface area contributed by atoms with E-state index in [0.717, 1.165) is 17.5 Å². The summed E-state index contributed by atoms with van der Waals surface area (Å²) < 4.78 is 5.28. The summed E-state index contributed by atoms with van der Waals surface area (Å²) in [6.07, 6.45) is 0.759. The number of carbonyl (C=O) groups is 1. The van der Waals surface area contributed by atoms with Gasteiger partial charge in [-0.25, -0.2) is 0 Å². The summed E-state index contributed by atoms with van der Waals surface area (Å²) in [6.45, 7) is 7.41. The molecule has 1 N–H and O–H groups in total. The van der Waals surface area contributed by atoms with Gasteiger partial charge in [-0.1, -0.05) is 13.8 Å². The van der Waals surface area contributed by atoms with Crippen molar-refractivity contribution in [2.45, 2.75) is 34.1 Å². The fourth-order valence-electron chi connectivity index (χ4n) is 1.27. The van der Waals surface area contributed by atoms with Gasteiger partial charge in [-0.15, -0.1) is 0 Å². The molecule has 0 aromatic heterocycles. The van der Waals surface area contributed by atoms with Gasteiger partial charge in [0.2, 0.25) is 0 Å². The summed E-state index contributed by atoms with van der Waals surface area (Å²) in [4.78, 5) is 11.6. The van der Waals surface area contributed by atoms with Crippen LogP contribution in [-0.4, -0.2) is 11.1 Å². The van der Waals surface area contributed by atoms with Gasteiger partial charge in [-0.05, 0) is 43.5 Å². The van der Waals surface area contributed by atoms with Crippen LogP contribution in [0.4, 0.5) is 0 Å². The summed E-state index contributed by atoms with van der Waals surface area (Å²) in [6, 6.07) is 3.17. The van der Waals surface area contributed by atoms with E-state index in [0.29, 0.717) is 5.75 Å². The molecule has 3 heteroatoms. The SMILES string of the molecule is CCC(C)C(=O)Oc1ccc(O)c(C)c1C. The van der Waals surface area contributed by atoms with Gasteiger partial charge in [0, 0.05) is 0 Å². The maximum atomic E-state index is 11.6. The molecule has 0 saturated heterocycles. The number of rotatable bonds is 3.